The quantitative estimate of drug-likeness (QED) is 0.0811. The third-order valence-electron chi connectivity index (χ3n) is 20.9. The molecule has 5 aliphatic rings. The summed E-state index contributed by atoms with van der Waals surface area (Å²) in [6.07, 6.45) is -5.32. The summed E-state index contributed by atoms with van der Waals surface area (Å²) < 4.78 is 79.9. The van der Waals surface area contributed by atoms with Crippen molar-refractivity contribution in [3.8, 4) is 33.8 Å². The molecule has 2 N–H and O–H groups in total. The van der Waals surface area contributed by atoms with Crippen molar-refractivity contribution < 1.29 is 56.1 Å². The Bertz CT molecular complexity index is 5710. The number of carboxylic acids is 1. The number of amides is 1. The van der Waals surface area contributed by atoms with Crippen molar-refractivity contribution in [1.82, 2.24) is 94.1 Å². The lowest BCUT2D eigenvalue weighted by Crippen LogP contribution is -2.49. The number of anilines is 2. The Balaban J connectivity index is 0.000000149. The van der Waals surface area contributed by atoms with Crippen LogP contribution in [0.5, 0.6) is 0 Å². The Morgan fingerprint density at radius 3 is 1.27 bits per heavy atom. The lowest BCUT2D eigenvalue weighted by Gasteiger charge is -2.35. The van der Waals surface area contributed by atoms with Crippen molar-refractivity contribution in [2.45, 2.75) is 133 Å². The number of alkyl halides is 3. The minimum absolute atomic E-state index is 0.173. The van der Waals surface area contributed by atoms with Crippen LogP contribution >= 0.6 is 128 Å². The molecule has 44 heteroatoms. The molecule has 0 bridgehead atoms. The zero-order valence-corrected chi connectivity index (χ0v) is 81.4. The molecular weight excluding hydrogens is 1920 g/mol. The number of thiophene rings is 4. The largest absolute Gasteiger partial charge is 0.498 e. The standard InChI is InChI=1S/C26H37N7O3S.C16H18BrN5OS.C12H21BN2O2.C12H10BrClN4S.C6HBrCl2N2S.C4H9NO.C2HF3O2/c1-17-20(18(2)30(6)29-17)22-23-21(27-24(28-22)32-11-13-35-14-12-32)19(16-37-23)15-31-7-9-33(10-8-31)25(34)36-26(3,4)5;1-9-12(10(2)21(3)20-9)14-15-13(11(17)8-24-15)18-16(19-14)22-4-6-23-7-5-22;1-8-10(9(2)15(7)14-8)13-16-11(3,4)12(5,6)17-13;1-5-8(6(2)18(3)17-5)10-11-9(7(13)4-19-11)15-12(14)16-10;7-2-1-12-4-3(2)10-6(9)11-5(4)8;1-3-6-4-2-5-1;3-2(4,5)1(6)7/h16H,7-15H2,1-6H3;8H,4-7H2,1-3H3;1-7H3;4H,1-3H3;1H;5H,1-4H2;(H,6,7). The SMILES string of the molecule is C1COCCN1.Cc1nn(C)c(C)c1-c1nc(Cl)nc2c(Br)csc12.Cc1nn(C)c(C)c1-c1nc(N2CCOCC2)nc2c(Br)csc12.Cc1nn(C)c(C)c1-c1nc(N2CCOCC2)nc2c(CN3CCN(C(=O)OC(C)(C)C)CC3)csc12.Cc1nn(C)c(C)c1B1OC(C)(C)C(C)(C)O1.Clc1nc(Cl)c2scc(Br)c2n1.O=C(O)C(F)(F)F. The van der Waals surface area contributed by atoms with Gasteiger partial charge in [0.05, 0.1) is 128 Å². The molecule has 5 aliphatic heterocycles. The minimum atomic E-state index is -5.08. The van der Waals surface area contributed by atoms with Crippen LogP contribution in [0.3, 0.4) is 0 Å². The van der Waals surface area contributed by atoms with Crippen LogP contribution in [0.1, 0.15) is 99.6 Å². The second-order valence-electron chi connectivity index (χ2n) is 31.0. The van der Waals surface area contributed by atoms with Gasteiger partial charge in [0.25, 0.3) is 0 Å². The average molecular weight is 2010 g/mol. The lowest BCUT2D eigenvalue weighted by molar-refractivity contribution is -0.192. The molecule has 30 nitrogen and oxygen atoms in total. The lowest BCUT2D eigenvalue weighted by atomic mass is 9.77. The highest BCUT2D eigenvalue weighted by molar-refractivity contribution is 9.11. The second kappa shape index (κ2) is 40.5. The highest BCUT2D eigenvalue weighted by Crippen LogP contribution is 2.43. The number of hydrogen-bond acceptors (Lipinski definition) is 28. The summed E-state index contributed by atoms with van der Waals surface area (Å²) in [5.41, 5.74) is 19.0. The Morgan fingerprint density at radius 1 is 0.516 bits per heavy atom. The first-order valence-electron chi connectivity index (χ1n) is 38.8. The van der Waals surface area contributed by atoms with Crippen molar-refractivity contribution in [3.05, 3.63) is 102 Å². The molecule has 17 heterocycles. The van der Waals surface area contributed by atoms with Crippen LogP contribution in [0.25, 0.3) is 74.6 Å². The summed E-state index contributed by atoms with van der Waals surface area (Å²) in [4.78, 5) is 66.4. The van der Waals surface area contributed by atoms with Gasteiger partial charge in [-0.3, -0.25) is 23.6 Å². The molecule has 658 valence electrons. The Labute approximate surface area is 761 Å². The van der Waals surface area contributed by atoms with Gasteiger partial charge in [-0.2, -0.15) is 33.6 Å². The number of morpholine rings is 3. The number of carbonyl (C=O) groups excluding carboxylic acids is 1. The number of aliphatic carboxylic acids is 1. The average Bonchev–Trinajstić information content (AvgIpc) is 1.61. The molecule has 5 fully saturated rings. The summed E-state index contributed by atoms with van der Waals surface area (Å²) in [5.74, 6) is -1.24. The highest BCUT2D eigenvalue weighted by Gasteiger charge is 2.53. The van der Waals surface area contributed by atoms with Crippen LogP contribution < -0.4 is 20.6 Å². The number of piperazine rings is 1. The van der Waals surface area contributed by atoms with Gasteiger partial charge in [0, 0.05) is 167 Å². The molecule has 0 aliphatic carbocycles. The zero-order valence-electron chi connectivity index (χ0n) is 71.1. The number of nitrogens with zero attached hydrogens (tertiary/aromatic N) is 20. The molecule has 12 aromatic heterocycles. The number of halogens is 9. The number of carboxylic acid groups (broad SMARTS) is 1. The number of ether oxygens (including phenoxy) is 4. The minimum Gasteiger partial charge on any atom is -0.475 e. The summed E-state index contributed by atoms with van der Waals surface area (Å²) in [5, 5.41) is 37.4. The van der Waals surface area contributed by atoms with Crippen LogP contribution in [-0.2, 0) is 67.8 Å². The number of nitrogens with one attached hydrogen (secondary N) is 1. The number of carbonyl (C=O) groups is 2. The van der Waals surface area contributed by atoms with Crippen LogP contribution in [0.2, 0.25) is 15.7 Å². The molecular formula is C78H97BBr3Cl3F3N21O9S4. The van der Waals surface area contributed by atoms with Crippen LogP contribution in [0, 0.1) is 55.4 Å². The van der Waals surface area contributed by atoms with Gasteiger partial charge in [0.15, 0.2) is 5.15 Å². The Hall–Kier alpha value is -6.78. The highest BCUT2D eigenvalue weighted by atomic mass is 79.9. The van der Waals surface area contributed by atoms with E-state index in [0.717, 1.165) is 223 Å². The zero-order chi connectivity index (χ0) is 88.9. The fourth-order valence-electron chi connectivity index (χ4n) is 13.6. The summed E-state index contributed by atoms with van der Waals surface area (Å²) in [6, 6.07) is 0. The molecule has 122 heavy (non-hydrogen) atoms. The van der Waals surface area contributed by atoms with Gasteiger partial charge in [-0.25, -0.2) is 49.5 Å². The van der Waals surface area contributed by atoms with E-state index in [1.165, 1.54) is 16.9 Å². The van der Waals surface area contributed by atoms with Crippen LogP contribution in [-0.4, -0.2) is 241 Å². The van der Waals surface area contributed by atoms with Gasteiger partial charge in [-0.15, -0.1) is 45.3 Å². The summed E-state index contributed by atoms with van der Waals surface area (Å²) in [6.45, 7) is 43.8. The molecule has 0 unspecified atom stereocenters. The number of fused-ring (bicyclic) bond motifs is 4. The molecule has 0 atom stereocenters. The predicted octanol–water partition coefficient (Wildman–Crippen LogP) is 16.4. The van der Waals surface area contributed by atoms with E-state index in [0.29, 0.717) is 44.7 Å². The van der Waals surface area contributed by atoms with Gasteiger partial charge < -0.3 is 53.4 Å². The van der Waals surface area contributed by atoms with E-state index in [4.69, 9.17) is 92.9 Å². The maximum absolute atomic E-state index is 12.5. The van der Waals surface area contributed by atoms with E-state index in [-0.39, 0.29) is 35.0 Å². The van der Waals surface area contributed by atoms with Gasteiger partial charge in [-0.1, -0.05) is 11.6 Å². The van der Waals surface area contributed by atoms with E-state index >= 15 is 0 Å². The van der Waals surface area contributed by atoms with Crippen molar-refractivity contribution in [1.29, 1.82) is 0 Å². The third-order valence-corrected chi connectivity index (χ3v) is 28.3. The topological polar surface area (TPSA) is 309 Å². The van der Waals surface area contributed by atoms with Crippen molar-refractivity contribution in [3.63, 3.8) is 0 Å². The van der Waals surface area contributed by atoms with Gasteiger partial charge in [0.1, 0.15) is 22.2 Å². The van der Waals surface area contributed by atoms with E-state index in [1.807, 2.05) is 120 Å². The fourth-order valence-corrected chi connectivity index (χ4v) is 19.8. The molecule has 12 aromatic rings. The first-order valence-corrected chi connectivity index (χ1v) is 45.9. The molecule has 0 spiro atoms. The fraction of sp³-hybridized carbons (Fsp3) is 0.513. The second-order valence-corrected chi connectivity index (χ2v) is 38.1. The molecule has 5 saturated heterocycles. The molecule has 1 amide bonds. The molecule has 17 rings (SSSR count). The van der Waals surface area contributed by atoms with Crippen LogP contribution in [0.4, 0.5) is 29.9 Å². The van der Waals surface area contributed by atoms with E-state index < -0.39 is 17.7 Å². The van der Waals surface area contributed by atoms with Gasteiger partial charge >= 0.3 is 25.4 Å². The van der Waals surface area contributed by atoms with E-state index in [2.05, 4.69) is 160 Å². The summed E-state index contributed by atoms with van der Waals surface area (Å²) >= 11 is 34.4. The van der Waals surface area contributed by atoms with Crippen molar-refractivity contribution in [2.24, 2.45) is 28.2 Å². The number of aromatic nitrogens is 16. The van der Waals surface area contributed by atoms with Gasteiger partial charge in [0.2, 0.25) is 22.5 Å². The first-order chi connectivity index (χ1) is 57.4. The van der Waals surface area contributed by atoms with Crippen molar-refractivity contribution >= 4 is 205 Å². The normalized spacial score (nSPS) is 16.1. The van der Waals surface area contributed by atoms with Crippen LogP contribution in [0.15, 0.2) is 34.9 Å². The molecule has 0 aromatic carbocycles. The molecule has 0 saturated carbocycles. The van der Waals surface area contributed by atoms with E-state index in [1.54, 1.807) is 38.9 Å². The number of aryl methyl sites for hydroxylation is 8. The Morgan fingerprint density at radius 2 is 0.885 bits per heavy atom. The first kappa shape index (κ1) is 95.9. The number of hydrogen-bond donors (Lipinski definition) is 2. The maximum atomic E-state index is 12.5. The number of rotatable bonds is 8. The monoisotopic (exact) mass is 2010 g/mol. The predicted molar refractivity (Wildman–Crippen MR) is 488 cm³/mol. The van der Waals surface area contributed by atoms with Crippen molar-refractivity contribution in [2.75, 3.05) is 115 Å². The van der Waals surface area contributed by atoms with Gasteiger partial charge in [-0.05, 0) is 180 Å². The third kappa shape index (κ3) is 22.6. The smallest absolute Gasteiger partial charge is 0.475 e. The van der Waals surface area contributed by atoms with E-state index in [9.17, 15) is 18.0 Å². The maximum Gasteiger partial charge on any atom is 0.498 e. The summed E-state index contributed by atoms with van der Waals surface area (Å²) in [7, 11) is 7.50. The molecule has 0 radical (unpaired) electrons. The Kier molecular flexibility index (Phi) is 31.8.